The highest BCUT2D eigenvalue weighted by Crippen LogP contribution is 2.22. The fourth-order valence-corrected chi connectivity index (χ4v) is 2.35. The van der Waals surface area contributed by atoms with Crippen molar-refractivity contribution < 1.29 is 24.0 Å². The Morgan fingerprint density at radius 2 is 2.07 bits per heavy atom. The Bertz CT molecular complexity index is 795. The zero-order valence-electron chi connectivity index (χ0n) is 16.0. The SMILES string of the molecule is Cc1nc(COc2cccc(C(=O)NC(CCC(C)(C)C)C(=O)O)c2)no1. The van der Waals surface area contributed by atoms with Crippen molar-refractivity contribution in [3.8, 4) is 5.75 Å². The Morgan fingerprint density at radius 1 is 1.33 bits per heavy atom. The summed E-state index contributed by atoms with van der Waals surface area (Å²) in [5.41, 5.74) is 0.304. The fourth-order valence-electron chi connectivity index (χ4n) is 2.35. The zero-order valence-corrected chi connectivity index (χ0v) is 16.0. The lowest BCUT2D eigenvalue weighted by molar-refractivity contribution is -0.139. The Morgan fingerprint density at radius 3 is 2.67 bits per heavy atom. The van der Waals surface area contributed by atoms with Crippen molar-refractivity contribution in [2.75, 3.05) is 0 Å². The third-order valence-electron chi connectivity index (χ3n) is 3.82. The molecule has 2 rings (SSSR count). The molecule has 0 radical (unpaired) electrons. The number of nitrogens with one attached hydrogen (secondary N) is 1. The number of carboxylic acid groups (broad SMARTS) is 1. The van der Waals surface area contributed by atoms with Gasteiger partial charge in [-0.2, -0.15) is 4.98 Å². The Labute approximate surface area is 157 Å². The molecule has 1 unspecified atom stereocenters. The molecule has 0 saturated carbocycles. The van der Waals surface area contributed by atoms with Crippen LogP contribution in [-0.4, -0.2) is 33.2 Å². The van der Waals surface area contributed by atoms with E-state index in [2.05, 4.69) is 15.5 Å². The number of carbonyl (C=O) groups is 2. The Balaban J connectivity index is 1.99. The third kappa shape index (κ3) is 6.73. The highest BCUT2D eigenvalue weighted by molar-refractivity contribution is 5.96. The van der Waals surface area contributed by atoms with E-state index in [-0.39, 0.29) is 12.0 Å². The van der Waals surface area contributed by atoms with E-state index >= 15 is 0 Å². The van der Waals surface area contributed by atoms with Gasteiger partial charge >= 0.3 is 5.97 Å². The van der Waals surface area contributed by atoms with Gasteiger partial charge < -0.3 is 19.7 Å². The van der Waals surface area contributed by atoms with E-state index in [4.69, 9.17) is 9.26 Å². The van der Waals surface area contributed by atoms with Crippen LogP contribution >= 0.6 is 0 Å². The van der Waals surface area contributed by atoms with Crippen molar-refractivity contribution in [3.05, 3.63) is 41.5 Å². The van der Waals surface area contributed by atoms with Gasteiger partial charge in [0.2, 0.25) is 11.7 Å². The molecule has 0 aliphatic heterocycles. The minimum atomic E-state index is -1.05. The molecule has 0 aliphatic rings. The van der Waals surface area contributed by atoms with Crippen LogP contribution in [0.4, 0.5) is 0 Å². The molecule has 1 amide bonds. The van der Waals surface area contributed by atoms with Gasteiger partial charge in [-0.05, 0) is 36.5 Å². The molecular formula is C19H25N3O5. The highest BCUT2D eigenvalue weighted by Gasteiger charge is 2.23. The number of rotatable bonds is 8. The van der Waals surface area contributed by atoms with Gasteiger partial charge in [0.1, 0.15) is 11.8 Å². The van der Waals surface area contributed by atoms with Crippen LogP contribution in [0.1, 0.15) is 55.7 Å². The summed E-state index contributed by atoms with van der Waals surface area (Å²) in [7, 11) is 0. The number of hydrogen-bond acceptors (Lipinski definition) is 6. The largest absolute Gasteiger partial charge is 0.485 e. The van der Waals surface area contributed by atoms with Gasteiger partial charge in [0.25, 0.3) is 5.91 Å². The molecule has 1 heterocycles. The van der Waals surface area contributed by atoms with Crippen LogP contribution in [0.5, 0.6) is 5.75 Å². The summed E-state index contributed by atoms with van der Waals surface area (Å²) < 4.78 is 10.4. The highest BCUT2D eigenvalue weighted by atomic mass is 16.5. The molecule has 0 spiro atoms. The van der Waals surface area contributed by atoms with Gasteiger partial charge in [-0.15, -0.1) is 0 Å². The van der Waals surface area contributed by atoms with E-state index in [0.717, 1.165) is 0 Å². The second kappa shape index (κ2) is 8.66. The van der Waals surface area contributed by atoms with Gasteiger partial charge in [0.15, 0.2) is 6.61 Å². The van der Waals surface area contributed by atoms with E-state index < -0.39 is 17.9 Å². The smallest absolute Gasteiger partial charge is 0.326 e. The van der Waals surface area contributed by atoms with Crippen LogP contribution in [0, 0.1) is 12.3 Å². The Kier molecular flexibility index (Phi) is 6.55. The van der Waals surface area contributed by atoms with Crippen LogP contribution in [0.15, 0.2) is 28.8 Å². The van der Waals surface area contributed by atoms with Crippen molar-refractivity contribution in [1.82, 2.24) is 15.5 Å². The molecule has 1 aromatic carbocycles. The summed E-state index contributed by atoms with van der Waals surface area (Å²) in [6.07, 6.45) is 1.04. The number of amides is 1. The maximum Gasteiger partial charge on any atom is 0.326 e. The number of aryl methyl sites for hydroxylation is 1. The van der Waals surface area contributed by atoms with Crippen molar-refractivity contribution >= 4 is 11.9 Å². The molecule has 0 saturated heterocycles. The number of aliphatic carboxylic acids is 1. The third-order valence-corrected chi connectivity index (χ3v) is 3.82. The molecule has 8 heteroatoms. The van der Waals surface area contributed by atoms with Crippen molar-refractivity contribution in [2.45, 2.75) is 53.2 Å². The average molecular weight is 375 g/mol. The first-order valence-corrected chi connectivity index (χ1v) is 8.70. The molecule has 0 fully saturated rings. The summed E-state index contributed by atoms with van der Waals surface area (Å²) in [5.74, 6) is -0.219. The van der Waals surface area contributed by atoms with E-state index in [9.17, 15) is 14.7 Å². The minimum absolute atomic E-state index is 0.0142. The molecule has 0 aliphatic carbocycles. The van der Waals surface area contributed by atoms with Crippen LogP contribution < -0.4 is 10.1 Å². The van der Waals surface area contributed by atoms with Crippen LogP contribution in [0.3, 0.4) is 0 Å². The number of ether oxygens (including phenoxy) is 1. The summed E-state index contributed by atoms with van der Waals surface area (Å²) in [6, 6.07) is 5.56. The molecule has 2 N–H and O–H groups in total. The maximum atomic E-state index is 12.4. The van der Waals surface area contributed by atoms with Gasteiger partial charge in [0, 0.05) is 12.5 Å². The fraction of sp³-hybridized carbons (Fsp3) is 0.474. The number of benzene rings is 1. The minimum Gasteiger partial charge on any atom is -0.485 e. The van der Waals surface area contributed by atoms with E-state index in [1.165, 1.54) is 0 Å². The molecule has 1 atom stereocenters. The number of hydrogen-bond donors (Lipinski definition) is 2. The lowest BCUT2D eigenvalue weighted by Gasteiger charge is -2.21. The van der Waals surface area contributed by atoms with E-state index in [1.54, 1.807) is 31.2 Å². The molecule has 27 heavy (non-hydrogen) atoms. The van der Waals surface area contributed by atoms with Crippen molar-refractivity contribution in [3.63, 3.8) is 0 Å². The number of carboxylic acids is 1. The van der Waals surface area contributed by atoms with Crippen molar-refractivity contribution in [1.29, 1.82) is 0 Å². The molecule has 8 nitrogen and oxygen atoms in total. The summed E-state index contributed by atoms with van der Waals surface area (Å²) in [5, 5.41) is 15.7. The number of carbonyl (C=O) groups excluding carboxylic acids is 1. The van der Waals surface area contributed by atoms with Crippen molar-refractivity contribution in [2.24, 2.45) is 5.41 Å². The van der Waals surface area contributed by atoms with Crippen LogP contribution in [0.25, 0.3) is 0 Å². The number of nitrogens with zero attached hydrogens (tertiary/aromatic N) is 2. The van der Waals surface area contributed by atoms with Gasteiger partial charge in [-0.1, -0.05) is 32.0 Å². The Hall–Kier alpha value is -2.90. The molecule has 146 valence electrons. The standard InChI is InChI=1S/C19H25N3O5/c1-12-20-16(22-27-12)11-26-14-7-5-6-13(10-14)17(23)21-15(18(24)25)8-9-19(2,3)4/h5-7,10,15H,8-9,11H2,1-4H3,(H,21,23)(H,24,25). The first kappa shape index (κ1) is 20.4. The van der Waals surface area contributed by atoms with E-state index in [0.29, 0.717) is 35.9 Å². The molecular weight excluding hydrogens is 350 g/mol. The lowest BCUT2D eigenvalue weighted by Crippen LogP contribution is -2.41. The van der Waals surface area contributed by atoms with Crippen LogP contribution in [-0.2, 0) is 11.4 Å². The van der Waals surface area contributed by atoms with Crippen LogP contribution in [0.2, 0.25) is 0 Å². The van der Waals surface area contributed by atoms with Gasteiger partial charge in [-0.3, -0.25) is 4.79 Å². The lowest BCUT2D eigenvalue weighted by atomic mass is 9.88. The maximum absolute atomic E-state index is 12.4. The van der Waals surface area contributed by atoms with Gasteiger partial charge in [0.05, 0.1) is 0 Å². The second-order valence-electron chi connectivity index (χ2n) is 7.51. The normalized spacial score (nSPS) is 12.4. The first-order valence-electron chi connectivity index (χ1n) is 8.70. The summed E-state index contributed by atoms with van der Waals surface area (Å²) in [6.45, 7) is 7.87. The molecule has 0 bridgehead atoms. The summed E-state index contributed by atoms with van der Waals surface area (Å²) in [4.78, 5) is 27.9. The predicted molar refractivity (Wildman–Crippen MR) is 97.4 cm³/mol. The van der Waals surface area contributed by atoms with Gasteiger partial charge in [-0.25, -0.2) is 4.79 Å². The van der Waals surface area contributed by atoms with E-state index in [1.807, 2.05) is 20.8 Å². The first-order chi connectivity index (χ1) is 12.6. The topological polar surface area (TPSA) is 115 Å². The number of aromatic nitrogens is 2. The average Bonchev–Trinajstić information content (AvgIpc) is 3.01. The second-order valence-corrected chi connectivity index (χ2v) is 7.51. The summed E-state index contributed by atoms with van der Waals surface area (Å²) >= 11 is 0. The monoisotopic (exact) mass is 375 g/mol. The predicted octanol–water partition coefficient (Wildman–Crippen LogP) is 2.97. The molecule has 1 aromatic heterocycles. The molecule has 2 aromatic rings. The quantitative estimate of drug-likeness (QED) is 0.729. The zero-order chi connectivity index (χ0) is 20.0.